The lowest BCUT2D eigenvalue weighted by Crippen LogP contribution is -2.36. The minimum Gasteiger partial charge on any atom is -0.353 e. The van der Waals surface area contributed by atoms with Crippen molar-refractivity contribution in [3.8, 4) is 0 Å². The Balaban J connectivity index is 2.05. The summed E-state index contributed by atoms with van der Waals surface area (Å²) < 4.78 is 2.08. The highest BCUT2D eigenvalue weighted by atomic mass is 15.2. The maximum atomic E-state index is 4.56. The number of nitrogens with one attached hydrogen (secondary N) is 2. The van der Waals surface area contributed by atoms with Crippen LogP contribution >= 0.6 is 0 Å². The van der Waals surface area contributed by atoms with Crippen molar-refractivity contribution in [2.45, 2.75) is 13.5 Å². The lowest BCUT2D eigenvalue weighted by molar-refractivity contribution is 0.830. The van der Waals surface area contributed by atoms with E-state index < -0.39 is 0 Å². The Kier molecular flexibility index (Phi) is 4.18. The molecule has 0 saturated heterocycles. The zero-order valence-corrected chi connectivity index (χ0v) is 11.3. The van der Waals surface area contributed by atoms with E-state index in [1.807, 2.05) is 18.3 Å². The van der Waals surface area contributed by atoms with Gasteiger partial charge < -0.3 is 15.0 Å². The van der Waals surface area contributed by atoms with Crippen molar-refractivity contribution >= 4 is 11.6 Å². The first-order valence-electron chi connectivity index (χ1n) is 6.23. The summed E-state index contributed by atoms with van der Waals surface area (Å²) in [6, 6.07) is 6.08. The van der Waals surface area contributed by atoms with Gasteiger partial charge in [0.15, 0.2) is 5.96 Å². The number of aryl methyl sites for hydroxylation is 1. The molecule has 100 valence electrons. The highest BCUT2D eigenvalue weighted by Crippen LogP contribution is 2.07. The number of aliphatic imine (C=N–C) groups is 1. The molecule has 0 radical (unpaired) electrons. The molecule has 0 atom stereocenters. The van der Waals surface area contributed by atoms with Crippen molar-refractivity contribution in [3.05, 3.63) is 48.4 Å². The maximum absolute atomic E-state index is 4.56. The molecule has 2 rings (SSSR count). The highest BCUT2D eigenvalue weighted by molar-refractivity contribution is 5.79. The van der Waals surface area contributed by atoms with Crippen molar-refractivity contribution in [2.75, 3.05) is 13.6 Å². The molecule has 2 heterocycles. The first-order valence-corrected chi connectivity index (χ1v) is 6.23. The Morgan fingerprint density at radius 2 is 2.32 bits per heavy atom. The number of pyridine rings is 1. The molecule has 0 unspecified atom stereocenters. The van der Waals surface area contributed by atoms with Crippen LogP contribution in [0.4, 0.5) is 0 Å². The predicted octanol–water partition coefficient (Wildman–Crippen LogP) is 1.49. The average molecular weight is 257 g/mol. The predicted molar refractivity (Wildman–Crippen MR) is 78.3 cm³/mol. The highest BCUT2D eigenvalue weighted by Gasteiger charge is 2.03. The molecule has 0 spiro atoms. The van der Waals surface area contributed by atoms with E-state index in [-0.39, 0.29) is 0 Å². The molecule has 0 aliphatic rings. The number of hydrogen-bond acceptors (Lipinski definition) is 2. The molecule has 0 fully saturated rings. The molecule has 5 nitrogen and oxygen atoms in total. The molecule has 0 amide bonds. The van der Waals surface area contributed by atoms with Gasteiger partial charge in [0.25, 0.3) is 0 Å². The van der Waals surface area contributed by atoms with Crippen molar-refractivity contribution in [1.82, 2.24) is 20.0 Å². The molecule has 2 aromatic rings. The van der Waals surface area contributed by atoms with Crippen LogP contribution in [0.5, 0.6) is 0 Å². The fourth-order valence-electron chi connectivity index (χ4n) is 1.85. The fraction of sp³-hybridized carbons (Fsp3) is 0.286. The van der Waals surface area contributed by atoms with Crippen LogP contribution < -0.4 is 10.6 Å². The second-order valence-electron chi connectivity index (χ2n) is 4.22. The van der Waals surface area contributed by atoms with Crippen molar-refractivity contribution < 1.29 is 0 Å². The van der Waals surface area contributed by atoms with Gasteiger partial charge in [-0.15, -0.1) is 6.58 Å². The molecule has 2 N–H and O–H groups in total. The summed E-state index contributed by atoms with van der Waals surface area (Å²) in [5.41, 5.74) is 3.12. The first-order chi connectivity index (χ1) is 9.24. The normalized spacial score (nSPS) is 11.6. The minimum absolute atomic E-state index is 0.637. The number of aromatic nitrogens is 2. The SMILES string of the molecule is C=CCNC(=NC)NCc1cn2c(C)cccc2n1. The quantitative estimate of drug-likeness (QED) is 0.496. The standard InChI is InChI=1S/C14H19N5/c1-4-8-16-14(15-3)17-9-12-10-19-11(2)6-5-7-13(19)18-12/h4-7,10H,1,8-9H2,2-3H3,(H2,15,16,17). The summed E-state index contributed by atoms with van der Waals surface area (Å²) in [6.45, 7) is 7.05. The van der Waals surface area contributed by atoms with Crippen LogP contribution in [0.2, 0.25) is 0 Å². The summed E-state index contributed by atoms with van der Waals surface area (Å²) in [5.74, 6) is 0.744. The lowest BCUT2D eigenvalue weighted by Gasteiger charge is -2.08. The third kappa shape index (κ3) is 3.13. The summed E-state index contributed by atoms with van der Waals surface area (Å²) in [7, 11) is 1.74. The van der Waals surface area contributed by atoms with E-state index in [1.165, 1.54) is 5.69 Å². The van der Waals surface area contributed by atoms with Gasteiger partial charge in [-0.2, -0.15) is 0 Å². The second kappa shape index (κ2) is 6.04. The topological polar surface area (TPSA) is 53.7 Å². The van der Waals surface area contributed by atoms with Crippen LogP contribution in [0.3, 0.4) is 0 Å². The van der Waals surface area contributed by atoms with E-state index >= 15 is 0 Å². The van der Waals surface area contributed by atoms with E-state index in [0.29, 0.717) is 13.1 Å². The second-order valence-corrected chi connectivity index (χ2v) is 4.22. The summed E-state index contributed by atoms with van der Waals surface area (Å²) in [6.07, 6.45) is 3.83. The van der Waals surface area contributed by atoms with Crippen LogP contribution in [0.25, 0.3) is 5.65 Å². The molecular formula is C14H19N5. The van der Waals surface area contributed by atoms with E-state index in [1.54, 1.807) is 13.1 Å². The molecule has 0 aromatic carbocycles. The van der Waals surface area contributed by atoms with Crippen LogP contribution in [-0.4, -0.2) is 28.9 Å². The van der Waals surface area contributed by atoms with Crippen LogP contribution in [0.1, 0.15) is 11.4 Å². The van der Waals surface area contributed by atoms with Gasteiger partial charge in [-0.1, -0.05) is 12.1 Å². The summed E-state index contributed by atoms with van der Waals surface area (Å²) >= 11 is 0. The van der Waals surface area contributed by atoms with E-state index in [4.69, 9.17) is 0 Å². The molecule has 0 aliphatic heterocycles. The van der Waals surface area contributed by atoms with Gasteiger partial charge >= 0.3 is 0 Å². The molecule has 0 bridgehead atoms. The Morgan fingerprint density at radius 3 is 3.00 bits per heavy atom. The van der Waals surface area contributed by atoms with Gasteiger partial charge in [-0.25, -0.2) is 4.98 Å². The smallest absolute Gasteiger partial charge is 0.191 e. The van der Waals surface area contributed by atoms with Crippen molar-refractivity contribution in [1.29, 1.82) is 0 Å². The zero-order valence-electron chi connectivity index (χ0n) is 11.3. The minimum atomic E-state index is 0.637. The number of guanidine groups is 1. The Labute approximate surface area is 113 Å². The molecule has 5 heteroatoms. The molecule has 0 saturated carbocycles. The third-order valence-corrected chi connectivity index (χ3v) is 2.82. The monoisotopic (exact) mass is 257 g/mol. The largest absolute Gasteiger partial charge is 0.353 e. The fourth-order valence-corrected chi connectivity index (χ4v) is 1.85. The van der Waals surface area contributed by atoms with Gasteiger partial charge in [-0.05, 0) is 19.1 Å². The Hall–Kier alpha value is -2.30. The van der Waals surface area contributed by atoms with Crippen molar-refractivity contribution in [2.24, 2.45) is 4.99 Å². The number of hydrogen-bond donors (Lipinski definition) is 2. The van der Waals surface area contributed by atoms with Gasteiger partial charge in [0, 0.05) is 25.5 Å². The van der Waals surface area contributed by atoms with E-state index in [9.17, 15) is 0 Å². The van der Waals surface area contributed by atoms with Crippen LogP contribution in [-0.2, 0) is 6.54 Å². The number of fused-ring (bicyclic) bond motifs is 1. The molecular weight excluding hydrogens is 238 g/mol. The van der Waals surface area contributed by atoms with Gasteiger partial charge in [0.2, 0.25) is 0 Å². The van der Waals surface area contributed by atoms with E-state index in [2.05, 4.69) is 44.6 Å². The number of rotatable bonds is 4. The molecule has 2 aromatic heterocycles. The van der Waals surface area contributed by atoms with E-state index in [0.717, 1.165) is 17.3 Å². The average Bonchev–Trinajstić information content (AvgIpc) is 2.83. The van der Waals surface area contributed by atoms with Crippen molar-refractivity contribution in [3.63, 3.8) is 0 Å². The lowest BCUT2D eigenvalue weighted by atomic mass is 10.4. The third-order valence-electron chi connectivity index (χ3n) is 2.82. The number of nitrogens with zero attached hydrogens (tertiary/aromatic N) is 3. The molecule has 19 heavy (non-hydrogen) atoms. The Morgan fingerprint density at radius 1 is 1.47 bits per heavy atom. The van der Waals surface area contributed by atoms with Crippen LogP contribution in [0, 0.1) is 6.92 Å². The summed E-state index contributed by atoms with van der Waals surface area (Å²) in [4.78, 5) is 8.68. The van der Waals surface area contributed by atoms with Gasteiger partial charge in [0.1, 0.15) is 5.65 Å². The van der Waals surface area contributed by atoms with Crippen LogP contribution in [0.15, 0.2) is 42.0 Å². The van der Waals surface area contributed by atoms with Gasteiger partial charge in [-0.3, -0.25) is 4.99 Å². The van der Waals surface area contributed by atoms with Gasteiger partial charge in [0.05, 0.1) is 12.2 Å². The zero-order chi connectivity index (χ0) is 13.7. The molecule has 0 aliphatic carbocycles. The Bertz CT molecular complexity index is 597. The maximum Gasteiger partial charge on any atom is 0.191 e. The summed E-state index contributed by atoms with van der Waals surface area (Å²) in [5, 5.41) is 6.34. The number of imidazole rings is 1. The first kappa shape index (κ1) is 13.1.